The van der Waals surface area contributed by atoms with Crippen LogP contribution in [0, 0.1) is 11.3 Å². The maximum Gasteiger partial charge on any atom is 0.167 e. The number of likely N-dealkylation sites (tertiary alicyclic amines) is 1. The van der Waals surface area contributed by atoms with Crippen molar-refractivity contribution in [1.29, 1.82) is 5.26 Å². The van der Waals surface area contributed by atoms with Crippen LogP contribution in [0.5, 0.6) is 11.5 Å². The molecule has 0 radical (unpaired) electrons. The number of nitriles is 1. The molecule has 3 aromatic rings. The van der Waals surface area contributed by atoms with Crippen LogP contribution >= 0.6 is 12.4 Å². The van der Waals surface area contributed by atoms with E-state index >= 15 is 0 Å². The van der Waals surface area contributed by atoms with Gasteiger partial charge in [0.25, 0.3) is 0 Å². The second-order valence-corrected chi connectivity index (χ2v) is 7.35. The Balaban J connectivity index is 0.00000181. The smallest absolute Gasteiger partial charge is 0.167 e. The normalized spacial score (nSPS) is 14.2. The highest BCUT2D eigenvalue weighted by atomic mass is 35.5. The molecular weight excluding hydrogens is 430 g/mol. The van der Waals surface area contributed by atoms with Crippen LogP contribution in [0.25, 0.3) is 22.6 Å². The summed E-state index contributed by atoms with van der Waals surface area (Å²) < 4.78 is 16.8. The van der Waals surface area contributed by atoms with Crippen LogP contribution in [0.2, 0.25) is 0 Å². The van der Waals surface area contributed by atoms with Crippen molar-refractivity contribution in [3.63, 3.8) is 0 Å². The van der Waals surface area contributed by atoms with Crippen molar-refractivity contribution in [3.05, 3.63) is 53.7 Å². The van der Waals surface area contributed by atoms with Crippen molar-refractivity contribution < 1.29 is 19.5 Å². The van der Waals surface area contributed by atoms with Gasteiger partial charge in [0.1, 0.15) is 29.9 Å². The second-order valence-electron chi connectivity index (χ2n) is 7.35. The summed E-state index contributed by atoms with van der Waals surface area (Å²) in [6.07, 6.45) is 5.65. The van der Waals surface area contributed by atoms with E-state index in [1.165, 1.54) is 19.3 Å². The van der Waals surface area contributed by atoms with E-state index in [2.05, 4.69) is 16.1 Å². The van der Waals surface area contributed by atoms with E-state index < -0.39 is 0 Å². The molecule has 0 unspecified atom stereocenters. The Kier molecular flexibility index (Phi) is 9.54. The number of hydrogen-bond donors (Lipinski definition) is 0. The third-order valence-electron chi connectivity index (χ3n) is 5.39. The Morgan fingerprint density at radius 1 is 1.19 bits per heavy atom. The number of rotatable bonds is 7. The zero-order valence-corrected chi connectivity index (χ0v) is 18.9. The van der Waals surface area contributed by atoms with Crippen LogP contribution in [-0.4, -0.2) is 48.9 Å². The van der Waals surface area contributed by atoms with E-state index in [0.29, 0.717) is 29.2 Å². The van der Waals surface area contributed by atoms with Crippen LogP contribution in [0.15, 0.2) is 47.0 Å². The summed E-state index contributed by atoms with van der Waals surface area (Å²) in [6.45, 7) is 3.83. The fourth-order valence-corrected chi connectivity index (χ4v) is 3.75. The molecule has 8 heteroatoms. The van der Waals surface area contributed by atoms with E-state index in [1.807, 2.05) is 30.3 Å². The van der Waals surface area contributed by atoms with Crippen LogP contribution in [0.3, 0.4) is 0 Å². The number of fused-ring (bicyclic) bond motifs is 1. The molecule has 0 aliphatic carbocycles. The minimum atomic E-state index is 0. The lowest BCUT2D eigenvalue weighted by Crippen LogP contribution is -2.33. The lowest BCUT2D eigenvalue weighted by atomic mass is 10.1. The van der Waals surface area contributed by atoms with Crippen molar-refractivity contribution in [2.24, 2.45) is 0 Å². The molecule has 0 spiro atoms. The summed E-state index contributed by atoms with van der Waals surface area (Å²) in [4.78, 5) is 2.44. The van der Waals surface area contributed by atoms with Gasteiger partial charge in [-0.05, 0) is 56.3 Å². The number of allylic oxidation sites excluding steroid dienone is 1. The first-order chi connectivity index (χ1) is 14.8. The molecule has 1 saturated heterocycles. The summed E-state index contributed by atoms with van der Waals surface area (Å²) in [5.41, 5.74) is 2.35. The molecule has 1 aliphatic rings. The van der Waals surface area contributed by atoms with E-state index in [0.717, 1.165) is 36.3 Å². The van der Waals surface area contributed by atoms with Gasteiger partial charge in [-0.25, -0.2) is 0 Å². The molecule has 0 bridgehead atoms. The van der Waals surface area contributed by atoms with Crippen molar-refractivity contribution in [2.75, 3.05) is 33.4 Å². The number of halogens is 1. The molecule has 1 aliphatic heterocycles. The third kappa shape index (κ3) is 5.80. The highest BCUT2D eigenvalue weighted by molar-refractivity contribution is 5.99. The van der Waals surface area contributed by atoms with Gasteiger partial charge >= 0.3 is 0 Å². The molecule has 0 atom stereocenters. The zero-order chi connectivity index (χ0) is 20.8. The highest BCUT2D eigenvalue weighted by Crippen LogP contribution is 2.30. The Morgan fingerprint density at radius 3 is 2.72 bits per heavy atom. The summed E-state index contributed by atoms with van der Waals surface area (Å²) >= 11 is 0. The Hall–Kier alpha value is -3.05. The van der Waals surface area contributed by atoms with Crippen LogP contribution in [-0.2, 0) is 0 Å². The number of piperidine rings is 1. The van der Waals surface area contributed by atoms with Crippen molar-refractivity contribution in [2.45, 2.75) is 19.3 Å². The monoisotopic (exact) mass is 457 g/mol. The van der Waals surface area contributed by atoms with Gasteiger partial charge in [-0.3, -0.25) is 4.90 Å². The molecule has 7 nitrogen and oxygen atoms in total. The van der Waals surface area contributed by atoms with Crippen molar-refractivity contribution in [3.8, 4) is 17.6 Å². The molecule has 2 aromatic carbocycles. The predicted molar refractivity (Wildman–Crippen MR) is 127 cm³/mol. The van der Waals surface area contributed by atoms with Gasteiger partial charge < -0.3 is 19.5 Å². The first-order valence-corrected chi connectivity index (χ1v) is 10.3. The van der Waals surface area contributed by atoms with Crippen molar-refractivity contribution in [1.82, 2.24) is 10.1 Å². The molecule has 32 heavy (non-hydrogen) atoms. The molecule has 0 saturated carbocycles. The maximum absolute atomic E-state index is 9.80. The average Bonchev–Trinajstić information content (AvgIpc) is 3.22. The highest BCUT2D eigenvalue weighted by Gasteiger charge is 2.15. The largest absolute Gasteiger partial charge is 0.497 e. The molecule has 170 valence electrons. The first kappa shape index (κ1) is 25.2. The Morgan fingerprint density at radius 2 is 1.97 bits per heavy atom. The topological polar surface area (TPSA) is 103 Å². The summed E-state index contributed by atoms with van der Waals surface area (Å²) in [5, 5.41) is 14.7. The fourth-order valence-electron chi connectivity index (χ4n) is 3.75. The van der Waals surface area contributed by atoms with E-state index in [-0.39, 0.29) is 17.9 Å². The summed E-state index contributed by atoms with van der Waals surface area (Å²) in [7, 11) is 1.60. The molecule has 4 rings (SSSR count). The minimum Gasteiger partial charge on any atom is -0.497 e. The van der Waals surface area contributed by atoms with Gasteiger partial charge in [0.05, 0.1) is 18.1 Å². The molecule has 0 amide bonds. The number of aromatic nitrogens is 1. The quantitative estimate of drug-likeness (QED) is 0.488. The molecule has 2 heterocycles. The van der Waals surface area contributed by atoms with Crippen LogP contribution in [0.4, 0.5) is 0 Å². The van der Waals surface area contributed by atoms with Gasteiger partial charge in [0, 0.05) is 12.1 Å². The number of para-hydroxylation sites is 1. The summed E-state index contributed by atoms with van der Waals surface area (Å²) in [6, 6.07) is 15.4. The van der Waals surface area contributed by atoms with E-state index in [9.17, 15) is 5.26 Å². The van der Waals surface area contributed by atoms with Gasteiger partial charge in [0.15, 0.2) is 5.58 Å². The number of ether oxygens (including phenoxy) is 2. The maximum atomic E-state index is 9.80. The average molecular weight is 458 g/mol. The standard InChI is InChI=1S/C24H25N3O3.ClH.H2O/c1-28-20-9-10-23-21(16-20)24(26-30-23)19(17-25)15-18-7-3-4-8-22(18)29-14-13-27-11-5-2-6-12-27;;/h3-4,7-10,15-16H,2,5-6,11-14H2,1H3;1H;1H2/b19-15+;;. The van der Waals surface area contributed by atoms with Crippen LogP contribution < -0.4 is 9.47 Å². The number of benzene rings is 2. The molecule has 2 N–H and O–H groups in total. The van der Waals surface area contributed by atoms with Gasteiger partial charge in [0.2, 0.25) is 0 Å². The van der Waals surface area contributed by atoms with E-state index in [4.69, 9.17) is 14.0 Å². The minimum absolute atomic E-state index is 0. The first-order valence-electron chi connectivity index (χ1n) is 10.3. The zero-order valence-electron chi connectivity index (χ0n) is 18.0. The fraction of sp³-hybridized carbons (Fsp3) is 0.333. The Bertz CT molecular complexity index is 1080. The summed E-state index contributed by atoms with van der Waals surface area (Å²) in [5.74, 6) is 1.44. The second kappa shape index (κ2) is 12.1. The predicted octanol–water partition coefficient (Wildman–Crippen LogP) is 4.36. The molecule has 1 fully saturated rings. The number of nitrogens with zero attached hydrogens (tertiary/aromatic N) is 3. The van der Waals surface area contributed by atoms with Gasteiger partial charge in [-0.2, -0.15) is 5.26 Å². The molecule has 1 aromatic heterocycles. The SMILES string of the molecule is COc1ccc2onc(/C(C#N)=C/c3ccccc3OCCN3CCCCC3)c2c1.Cl.O. The number of methoxy groups -OCH3 is 1. The third-order valence-corrected chi connectivity index (χ3v) is 5.39. The van der Waals surface area contributed by atoms with E-state index in [1.54, 1.807) is 25.3 Å². The van der Waals surface area contributed by atoms with Gasteiger partial charge in [-0.1, -0.05) is 29.8 Å². The molecular formula is C24H28ClN3O4. The van der Waals surface area contributed by atoms with Gasteiger partial charge in [-0.15, -0.1) is 12.4 Å². The Labute approximate surface area is 193 Å². The lowest BCUT2D eigenvalue weighted by molar-refractivity contribution is 0.183. The lowest BCUT2D eigenvalue weighted by Gasteiger charge is -2.26. The van der Waals surface area contributed by atoms with Crippen LogP contribution in [0.1, 0.15) is 30.5 Å². The van der Waals surface area contributed by atoms with Crippen molar-refractivity contribution >= 4 is 35.0 Å². The number of hydrogen-bond acceptors (Lipinski definition) is 6.